The molecule has 0 atom stereocenters. The third kappa shape index (κ3) is 7.22. The Kier molecular flexibility index (Phi) is 12.9. The fourth-order valence-corrected chi connectivity index (χ4v) is 8.11. The van der Waals surface area contributed by atoms with Crippen LogP contribution in [0.4, 0.5) is 0 Å². The largest absolute Gasteiger partial charge is 0.0991 e. The SMILES string of the molecule is C=C/C=C\c1c(C)c(C(=C)C2=C(/C(C)=C(/C)CC)CC3=C2CCC=C3)c2ccccc2c1-c1cccc2cc(C3=CCCC=C3)ccc12.CC.CC. The first-order valence-electron chi connectivity index (χ1n) is 19.7. The summed E-state index contributed by atoms with van der Waals surface area (Å²) in [6.45, 7) is 26.2. The molecule has 0 unspecified atom stereocenters. The average molecular weight is 683 g/mol. The quantitative estimate of drug-likeness (QED) is 0.162. The van der Waals surface area contributed by atoms with Crippen LogP contribution < -0.4 is 0 Å². The molecule has 0 amide bonds. The molecule has 0 bridgehead atoms. The van der Waals surface area contributed by atoms with Crippen molar-refractivity contribution in [2.45, 2.75) is 93.9 Å². The lowest BCUT2D eigenvalue weighted by molar-refractivity contribution is 0.964. The van der Waals surface area contributed by atoms with Crippen LogP contribution in [0, 0.1) is 6.92 Å². The second kappa shape index (κ2) is 17.5. The van der Waals surface area contributed by atoms with Gasteiger partial charge in [0.25, 0.3) is 0 Å². The summed E-state index contributed by atoms with van der Waals surface area (Å²) in [4.78, 5) is 0. The molecular formula is C52H58. The Morgan fingerprint density at radius 3 is 2.29 bits per heavy atom. The summed E-state index contributed by atoms with van der Waals surface area (Å²) in [5, 5.41) is 5.05. The van der Waals surface area contributed by atoms with Crippen molar-refractivity contribution >= 4 is 38.8 Å². The van der Waals surface area contributed by atoms with E-state index in [-0.39, 0.29) is 0 Å². The highest BCUT2D eigenvalue weighted by molar-refractivity contribution is 6.13. The highest BCUT2D eigenvalue weighted by Crippen LogP contribution is 2.50. The van der Waals surface area contributed by atoms with Crippen molar-refractivity contribution in [2.75, 3.05) is 0 Å². The molecule has 4 aromatic rings. The topological polar surface area (TPSA) is 0 Å². The molecule has 0 aliphatic heterocycles. The van der Waals surface area contributed by atoms with Gasteiger partial charge in [-0.3, -0.25) is 0 Å². The molecule has 266 valence electrons. The first-order valence-corrected chi connectivity index (χ1v) is 19.7. The van der Waals surface area contributed by atoms with Crippen LogP contribution in [0.3, 0.4) is 0 Å². The number of rotatable bonds is 8. The predicted octanol–water partition coefficient (Wildman–Crippen LogP) is 16.1. The molecule has 7 rings (SSSR count). The van der Waals surface area contributed by atoms with Crippen LogP contribution in [0.1, 0.15) is 109 Å². The molecule has 0 saturated heterocycles. The fraction of sp³-hybridized carbons (Fsp3) is 0.269. The Morgan fingerprint density at radius 2 is 1.58 bits per heavy atom. The number of benzene rings is 4. The fourth-order valence-electron chi connectivity index (χ4n) is 8.11. The Labute approximate surface area is 314 Å². The highest BCUT2D eigenvalue weighted by atomic mass is 14.3. The van der Waals surface area contributed by atoms with Crippen LogP contribution in [-0.4, -0.2) is 0 Å². The Hall–Kier alpha value is -4.94. The second-order valence-corrected chi connectivity index (χ2v) is 13.5. The summed E-state index contributed by atoms with van der Waals surface area (Å²) < 4.78 is 0. The molecule has 0 radical (unpaired) electrons. The normalized spacial score (nSPS) is 15.6. The molecule has 3 aliphatic rings. The third-order valence-corrected chi connectivity index (χ3v) is 10.9. The van der Waals surface area contributed by atoms with Crippen molar-refractivity contribution < 1.29 is 0 Å². The van der Waals surface area contributed by atoms with Crippen LogP contribution in [0.2, 0.25) is 0 Å². The van der Waals surface area contributed by atoms with Gasteiger partial charge in [0, 0.05) is 0 Å². The van der Waals surface area contributed by atoms with Gasteiger partial charge in [-0.25, -0.2) is 0 Å². The minimum atomic E-state index is 0.992. The number of hydrogen-bond acceptors (Lipinski definition) is 0. The number of allylic oxidation sites excluding steroid dienone is 15. The molecule has 0 heterocycles. The molecule has 0 nitrogen and oxygen atoms in total. The molecular weight excluding hydrogens is 625 g/mol. The van der Waals surface area contributed by atoms with Gasteiger partial charge in [-0.1, -0.05) is 157 Å². The molecule has 0 spiro atoms. The van der Waals surface area contributed by atoms with Crippen molar-refractivity contribution in [2.24, 2.45) is 0 Å². The number of hydrogen-bond donors (Lipinski definition) is 0. The average Bonchev–Trinajstić information content (AvgIpc) is 3.60. The monoisotopic (exact) mass is 682 g/mol. The number of fused-ring (bicyclic) bond motifs is 2. The highest BCUT2D eigenvalue weighted by Gasteiger charge is 2.30. The first-order chi connectivity index (χ1) is 25.4. The van der Waals surface area contributed by atoms with Gasteiger partial charge in [-0.2, -0.15) is 0 Å². The molecule has 4 aromatic carbocycles. The van der Waals surface area contributed by atoms with Gasteiger partial charge in [0.15, 0.2) is 0 Å². The molecule has 3 aliphatic carbocycles. The summed E-state index contributed by atoms with van der Waals surface area (Å²) in [5.41, 5.74) is 18.7. The summed E-state index contributed by atoms with van der Waals surface area (Å²) in [6, 6.07) is 22.7. The summed E-state index contributed by atoms with van der Waals surface area (Å²) >= 11 is 0. The van der Waals surface area contributed by atoms with Crippen LogP contribution in [0.15, 0.2) is 150 Å². The van der Waals surface area contributed by atoms with E-state index in [0.717, 1.165) is 44.1 Å². The van der Waals surface area contributed by atoms with Crippen molar-refractivity contribution in [3.63, 3.8) is 0 Å². The lowest BCUT2D eigenvalue weighted by atomic mass is 9.79. The maximum Gasteiger partial charge on any atom is -0.00141 e. The maximum absolute atomic E-state index is 4.96. The van der Waals surface area contributed by atoms with Crippen LogP contribution in [0.25, 0.3) is 49.9 Å². The lowest BCUT2D eigenvalue weighted by Gasteiger charge is -2.24. The van der Waals surface area contributed by atoms with E-state index in [1.54, 1.807) is 0 Å². The first kappa shape index (κ1) is 38.3. The second-order valence-electron chi connectivity index (χ2n) is 13.5. The van der Waals surface area contributed by atoms with E-state index < -0.39 is 0 Å². The zero-order chi connectivity index (χ0) is 37.4. The van der Waals surface area contributed by atoms with Crippen LogP contribution in [0.5, 0.6) is 0 Å². The zero-order valence-electron chi connectivity index (χ0n) is 33.0. The molecule has 0 heteroatoms. The van der Waals surface area contributed by atoms with Crippen molar-refractivity contribution in [1.82, 2.24) is 0 Å². The Morgan fingerprint density at radius 1 is 0.827 bits per heavy atom. The third-order valence-electron chi connectivity index (χ3n) is 10.9. The minimum Gasteiger partial charge on any atom is -0.0991 e. The smallest absolute Gasteiger partial charge is 0.00141 e. The molecule has 0 saturated carbocycles. The van der Waals surface area contributed by atoms with E-state index in [9.17, 15) is 0 Å². The standard InChI is InChI=1S/C48H46.2C2H6/c1-7-9-22-39-33(5)46(34(6)47-41-23-14-13-20-38(41)30-45(47)32(4)31(3)8-2)43-24-15-16-25-44(43)48(39)42-26-17-21-37-29-36(27-28-40(37)42)35-18-11-10-12-19-35;2*1-2/h7,9,11,13,15-22,24-29H,1,6,8,10,12,14,23,30H2,2-5H3;2*1-2H3/b22-9-,32-31-;;. The van der Waals surface area contributed by atoms with Gasteiger partial charge >= 0.3 is 0 Å². The van der Waals surface area contributed by atoms with E-state index >= 15 is 0 Å². The van der Waals surface area contributed by atoms with E-state index in [2.05, 4.69) is 137 Å². The predicted molar refractivity (Wildman–Crippen MR) is 235 cm³/mol. The zero-order valence-corrected chi connectivity index (χ0v) is 33.0. The van der Waals surface area contributed by atoms with Crippen LogP contribution in [-0.2, 0) is 0 Å². The van der Waals surface area contributed by atoms with Crippen molar-refractivity contribution in [3.8, 4) is 11.1 Å². The summed E-state index contributed by atoms with van der Waals surface area (Å²) in [7, 11) is 0. The molecule has 0 fully saturated rings. The van der Waals surface area contributed by atoms with Gasteiger partial charge in [-0.05, 0) is 159 Å². The lowest BCUT2D eigenvalue weighted by Crippen LogP contribution is -2.03. The van der Waals surface area contributed by atoms with Crippen LogP contribution >= 0.6 is 0 Å². The molecule has 0 N–H and O–H groups in total. The molecule has 0 aromatic heterocycles. The summed E-state index contributed by atoms with van der Waals surface area (Å²) in [5.74, 6) is 0. The van der Waals surface area contributed by atoms with E-state index in [1.807, 2.05) is 33.8 Å². The maximum atomic E-state index is 4.96. The van der Waals surface area contributed by atoms with Gasteiger partial charge in [0.05, 0.1) is 0 Å². The Balaban J connectivity index is 0.00000126. The van der Waals surface area contributed by atoms with Gasteiger partial charge < -0.3 is 0 Å². The van der Waals surface area contributed by atoms with Crippen molar-refractivity contribution in [3.05, 3.63) is 172 Å². The van der Waals surface area contributed by atoms with Gasteiger partial charge in [-0.15, -0.1) is 0 Å². The van der Waals surface area contributed by atoms with E-state index in [1.165, 1.54) is 93.9 Å². The minimum absolute atomic E-state index is 0.992. The van der Waals surface area contributed by atoms with Crippen molar-refractivity contribution in [1.29, 1.82) is 0 Å². The van der Waals surface area contributed by atoms with E-state index in [0.29, 0.717) is 0 Å². The van der Waals surface area contributed by atoms with E-state index in [4.69, 9.17) is 6.58 Å². The molecule has 52 heavy (non-hydrogen) atoms. The van der Waals surface area contributed by atoms with Gasteiger partial charge in [0.1, 0.15) is 0 Å². The Bertz CT molecular complexity index is 2230. The summed E-state index contributed by atoms with van der Waals surface area (Å²) in [6.07, 6.45) is 24.3. The van der Waals surface area contributed by atoms with Gasteiger partial charge in [0.2, 0.25) is 0 Å².